The van der Waals surface area contributed by atoms with Gasteiger partial charge < -0.3 is 139 Å². The van der Waals surface area contributed by atoms with Crippen molar-refractivity contribution in [3.63, 3.8) is 0 Å². The molecular weight excluding hydrogens is 1130 g/mol. The maximum Gasteiger partial charge on any atom is 0.187 e. The van der Waals surface area contributed by atoms with E-state index in [1.165, 1.54) is 12.5 Å². The SMILES string of the molecule is C[C@H]1O[C@@H](OC[C@H]2O[C@@H](OC3CC[C@@]4(C)C(=CC[C@H]5[C@@H]6C[C@@H]7O[C@]8(CC[C@@](C)(CO[C@H]9O[C@@H](CO)[C@H](O)[C@H](O)[C@@H]9O)O8)[C@@H](C)[C@@H]7[C@@]6(C)CC[C@@H]54)C3)[C@H](O[C@@H]3O[C@H](CO)[C@@H](O)[C@H](O[C@@H]4O[C@H](CO)[C@@H](O)[C@H](O)[C@H]4O)[C@H]3O)[C@@H](O)[C@@H]2O)[C@H](O)[C@H](O)[C@@H]1O. The molecule has 1 spiro atoms. The maximum absolute atomic E-state index is 12.0. The topological polar surface area (TPSA) is 434 Å². The summed E-state index contributed by atoms with van der Waals surface area (Å²) in [6.07, 6.45) is -32.2. The number of rotatable bonds is 15. The first-order valence-electron chi connectivity index (χ1n) is 30.4. The summed E-state index contributed by atoms with van der Waals surface area (Å²) in [5.41, 5.74) is 0.120. The van der Waals surface area contributed by atoms with Crippen LogP contribution in [0.5, 0.6) is 0 Å². The van der Waals surface area contributed by atoms with Crippen molar-refractivity contribution in [2.75, 3.05) is 33.0 Å². The van der Waals surface area contributed by atoms with Crippen molar-refractivity contribution < 1.29 is 139 Å². The summed E-state index contributed by atoms with van der Waals surface area (Å²) >= 11 is 0. The summed E-state index contributed by atoms with van der Waals surface area (Å²) in [5.74, 6) is 0.444. The second-order valence-corrected chi connectivity index (χ2v) is 27.0. The monoisotopic (exact) mass is 1220 g/mol. The molecule has 0 bridgehead atoms. The van der Waals surface area contributed by atoms with Crippen molar-refractivity contribution >= 4 is 0 Å². The van der Waals surface area contributed by atoms with E-state index in [1.54, 1.807) is 0 Å². The van der Waals surface area contributed by atoms with Crippen molar-refractivity contribution in [1.82, 2.24) is 0 Å². The Hall–Kier alpha value is -1.38. The van der Waals surface area contributed by atoms with Crippen molar-refractivity contribution in [2.24, 2.45) is 40.4 Å². The van der Waals surface area contributed by atoms with Gasteiger partial charge in [-0.05, 0) is 99.7 Å². The summed E-state index contributed by atoms with van der Waals surface area (Å²) in [5, 5.41) is 171. The van der Waals surface area contributed by atoms with Gasteiger partial charge in [0.05, 0.1) is 56.9 Å². The van der Waals surface area contributed by atoms with Gasteiger partial charge in [-0.15, -0.1) is 0 Å². The van der Waals surface area contributed by atoms with E-state index in [1.807, 2.05) is 6.92 Å². The lowest BCUT2D eigenvalue weighted by Gasteiger charge is -2.58. The molecule has 0 aromatic carbocycles. The minimum Gasteiger partial charge on any atom is -0.394 e. The van der Waals surface area contributed by atoms with E-state index in [2.05, 4.69) is 26.8 Å². The summed E-state index contributed by atoms with van der Waals surface area (Å²) in [4.78, 5) is 0. The zero-order chi connectivity index (χ0) is 61.1. The second kappa shape index (κ2) is 24.9. The molecule has 0 aromatic rings. The molecule has 16 N–H and O–H groups in total. The molecule has 36 atom stereocenters. The van der Waals surface area contributed by atoms with Gasteiger partial charge in [-0.2, -0.15) is 0 Å². The fourth-order valence-electron chi connectivity index (χ4n) is 17.0. The third-order valence-corrected chi connectivity index (χ3v) is 22.0. The largest absolute Gasteiger partial charge is 0.394 e. The maximum atomic E-state index is 12.0. The van der Waals surface area contributed by atoms with Gasteiger partial charge in [0.1, 0.15) is 116 Å². The number of allylic oxidation sites excluding steroid dienone is 1. The number of hydrogen-bond donors (Lipinski definition) is 16. The van der Waals surface area contributed by atoms with Crippen molar-refractivity contribution in [1.29, 1.82) is 0 Å². The Bertz CT molecular complexity index is 2310. The number of fused-ring (bicyclic) bond motifs is 7. The highest BCUT2D eigenvalue weighted by Crippen LogP contribution is 2.71. The molecule has 0 amide bonds. The first kappa shape index (κ1) is 65.1. The fraction of sp³-hybridized carbons (Fsp3) is 0.965. The highest BCUT2D eigenvalue weighted by Gasteiger charge is 2.71. The van der Waals surface area contributed by atoms with Crippen LogP contribution in [0.25, 0.3) is 0 Å². The molecule has 0 radical (unpaired) electrons. The smallest absolute Gasteiger partial charge is 0.187 e. The van der Waals surface area contributed by atoms with Gasteiger partial charge in [-0.3, -0.25) is 0 Å². The Morgan fingerprint density at radius 2 is 1.08 bits per heavy atom. The van der Waals surface area contributed by atoms with Crippen molar-refractivity contribution in [3.05, 3.63) is 11.6 Å². The molecule has 85 heavy (non-hydrogen) atoms. The lowest BCUT2D eigenvalue weighted by atomic mass is 9.47. The number of aliphatic hydroxyl groups is 16. The Kier molecular flexibility index (Phi) is 19.1. The van der Waals surface area contributed by atoms with Crippen LogP contribution in [0.2, 0.25) is 0 Å². The van der Waals surface area contributed by atoms with E-state index < -0.39 is 197 Å². The van der Waals surface area contributed by atoms with E-state index in [0.29, 0.717) is 49.9 Å². The summed E-state index contributed by atoms with van der Waals surface area (Å²) in [7, 11) is 0. The predicted molar refractivity (Wildman–Crippen MR) is 281 cm³/mol. The molecule has 0 aromatic heterocycles. The van der Waals surface area contributed by atoms with Crippen LogP contribution in [0.4, 0.5) is 0 Å². The van der Waals surface area contributed by atoms with Crippen LogP contribution in [-0.4, -0.2) is 292 Å². The average Bonchev–Trinajstić information content (AvgIpc) is 1.57. The lowest BCUT2D eigenvalue weighted by molar-refractivity contribution is -0.390. The summed E-state index contributed by atoms with van der Waals surface area (Å²) < 4.78 is 73.6. The number of aliphatic hydroxyl groups excluding tert-OH is 16. The van der Waals surface area contributed by atoms with Gasteiger partial charge in [0.15, 0.2) is 37.2 Å². The molecule has 4 aliphatic carbocycles. The molecule has 28 nitrogen and oxygen atoms in total. The minimum atomic E-state index is -2.01. The minimum absolute atomic E-state index is 0.0159. The highest BCUT2D eigenvalue weighted by atomic mass is 16.8. The van der Waals surface area contributed by atoms with Crippen LogP contribution in [0.15, 0.2) is 11.6 Å². The Labute approximate surface area is 491 Å². The van der Waals surface area contributed by atoms with E-state index in [-0.39, 0.29) is 35.4 Å². The van der Waals surface area contributed by atoms with Crippen molar-refractivity contribution in [3.8, 4) is 0 Å². The Morgan fingerprint density at radius 3 is 1.74 bits per heavy atom. The fourth-order valence-corrected chi connectivity index (χ4v) is 17.0. The van der Waals surface area contributed by atoms with Gasteiger partial charge in [-0.1, -0.05) is 32.4 Å². The van der Waals surface area contributed by atoms with E-state index in [0.717, 1.165) is 25.7 Å². The molecule has 28 heteroatoms. The zero-order valence-electron chi connectivity index (χ0n) is 48.5. The van der Waals surface area contributed by atoms with Gasteiger partial charge >= 0.3 is 0 Å². The van der Waals surface area contributed by atoms with Crippen LogP contribution in [0.1, 0.15) is 92.4 Å². The van der Waals surface area contributed by atoms with Gasteiger partial charge in [0.2, 0.25) is 0 Å². The molecule has 7 aliphatic heterocycles. The predicted octanol–water partition coefficient (Wildman–Crippen LogP) is -5.02. The average molecular weight is 1230 g/mol. The standard InChI is InChI=1S/C57H92O28/c1-21-33-28(84-57(21)13-12-54(3,85-57)20-75-50-44(71)40(67)35(62)29(16-58)78-50)15-27-25-7-6-23-14-24(8-10-55(23,4)26(25)9-11-56(27,33)5)77-53-48(42(69)37(64)32(81-53)19-74-49-43(70)39(66)34(61)22(2)76-49)83-52-46(73)47(38(65)31(18-60)80-52)82-51-45(72)41(68)36(63)30(17-59)79-51/h6,21-22,24-53,58-73H,7-20H2,1-5H3/t21-,22+,24?,25+,26-,27-,28-,29-,30+,31+,32+,33-,34+,35-,36+,37+,38+,39+,40-,41-,42-,43+,44-,45+,46+,47-,48+,49+,50-,51-,52-,53+,54-,55-,56-,57-/m0/s1. The van der Waals surface area contributed by atoms with E-state index >= 15 is 0 Å². The lowest BCUT2D eigenvalue weighted by Crippen LogP contribution is -2.67. The molecular formula is C57H92O28. The molecule has 3 saturated carbocycles. The number of hydrogen-bond acceptors (Lipinski definition) is 28. The highest BCUT2D eigenvalue weighted by molar-refractivity contribution is 5.27. The van der Waals surface area contributed by atoms with Gasteiger partial charge in [0.25, 0.3) is 0 Å². The van der Waals surface area contributed by atoms with Crippen LogP contribution < -0.4 is 0 Å². The quantitative estimate of drug-likeness (QED) is 0.0683. The summed E-state index contributed by atoms with van der Waals surface area (Å²) in [6, 6.07) is 0. The first-order valence-corrected chi connectivity index (χ1v) is 30.4. The summed E-state index contributed by atoms with van der Waals surface area (Å²) in [6.45, 7) is 7.59. The van der Waals surface area contributed by atoms with E-state index in [4.69, 9.17) is 56.8 Å². The molecule has 1 unspecified atom stereocenters. The molecule has 11 aliphatic rings. The van der Waals surface area contributed by atoms with Crippen LogP contribution in [-0.2, 0) is 56.8 Å². The second-order valence-electron chi connectivity index (χ2n) is 27.0. The molecule has 7 saturated heterocycles. The Morgan fingerprint density at radius 1 is 0.518 bits per heavy atom. The van der Waals surface area contributed by atoms with Crippen LogP contribution >= 0.6 is 0 Å². The molecule has 7 heterocycles. The van der Waals surface area contributed by atoms with Gasteiger partial charge in [0, 0.05) is 12.3 Å². The Balaban J connectivity index is 0.775. The first-order chi connectivity index (χ1) is 40.2. The van der Waals surface area contributed by atoms with E-state index in [9.17, 15) is 81.7 Å². The van der Waals surface area contributed by atoms with Gasteiger partial charge in [-0.25, -0.2) is 0 Å². The normalized spacial score (nSPS) is 57.0. The molecule has 11 rings (SSSR count). The van der Waals surface area contributed by atoms with Crippen molar-refractivity contribution in [2.45, 2.75) is 270 Å². The third kappa shape index (κ3) is 11.4. The van der Waals surface area contributed by atoms with Crippen LogP contribution in [0.3, 0.4) is 0 Å². The third-order valence-electron chi connectivity index (χ3n) is 22.0. The molecule has 10 fully saturated rings. The van der Waals surface area contributed by atoms with Crippen LogP contribution in [0, 0.1) is 40.4 Å². The molecule has 488 valence electrons. The zero-order valence-corrected chi connectivity index (χ0v) is 48.5. The number of ether oxygens (including phenoxy) is 12.